The number of piperidine rings is 1. The number of carbonyl (C=O) groups is 1. The van der Waals surface area contributed by atoms with E-state index in [0.717, 1.165) is 12.8 Å². The molecule has 1 amide bonds. The van der Waals surface area contributed by atoms with Crippen molar-refractivity contribution in [3.05, 3.63) is 0 Å². The van der Waals surface area contributed by atoms with Gasteiger partial charge in [0.2, 0.25) is 5.91 Å². The van der Waals surface area contributed by atoms with Gasteiger partial charge in [0, 0.05) is 24.5 Å². The molecular weight excluding hydrogens is 293 g/mol. The van der Waals surface area contributed by atoms with E-state index in [1.165, 1.54) is 12.8 Å². The molecule has 3 rings (SSSR count). The van der Waals surface area contributed by atoms with Crippen LogP contribution in [0, 0.1) is 11.8 Å². The van der Waals surface area contributed by atoms with Crippen LogP contribution in [-0.2, 0) is 4.79 Å². The SMILES string of the molecule is O=C(CC1CC2CCC(C1)N2)NC1CCC(C(F)(F)F)CC1. The molecule has 2 atom stereocenters. The van der Waals surface area contributed by atoms with Crippen molar-refractivity contribution < 1.29 is 18.0 Å². The molecule has 126 valence electrons. The third-order valence-electron chi connectivity index (χ3n) is 5.60. The lowest BCUT2D eigenvalue weighted by atomic mass is 9.85. The largest absolute Gasteiger partial charge is 0.391 e. The second-order valence-electron chi connectivity index (χ2n) is 7.34. The lowest BCUT2D eigenvalue weighted by Crippen LogP contribution is -2.43. The molecule has 3 nitrogen and oxygen atoms in total. The fourth-order valence-corrected chi connectivity index (χ4v) is 4.46. The van der Waals surface area contributed by atoms with Crippen molar-refractivity contribution in [1.29, 1.82) is 0 Å². The van der Waals surface area contributed by atoms with Crippen LogP contribution in [0.4, 0.5) is 13.2 Å². The van der Waals surface area contributed by atoms with Crippen LogP contribution in [0.1, 0.15) is 57.8 Å². The second kappa shape index (κ2) is 6.38. The van der Waals surface area contributed by atoms with Crippen LogP contribution >= 0.6 is 0 Å². The monoisotopic (exact) mass is 318 g/mol. The molecule has 2 saturated heterocycles. The highest BCUT2D eigenvalue weighted by Gasteiger charge is 2.41. The van der Waals surface area contributed by atoms with Crippen LogP contribution in [0.2, 0.25) is 0 Å². The van der Waals surface area contributed by atoms with Crippen LogP contribution in [0.25, 0.3) is 0 Å². The smallest absolute Gasteiger partial charge is 0.353 e. The van der Waals surface area contributed by atoms with E-state index in [-0.39, 0.29) is 24.8 Å². The molecule has 2 unspecified atom stereocenters. The van der Waals surface area contributed by atoms with Crippen LogP contribution in [0.5, 0.6) is 0 Å². The van der Waals surface area contributed by atoms with Crippen molar-refractivity contribution in [2.24, 2.45) is 11.8 Å². The number of amides is 1. The number of hydrogen-bond donors (Lipinski definition) is 2. The first kappa shape index (κ1) is 16.1. The van der Waals surface area contributed by atoms with Crippen molar-refractivity contribution in [2.45, 2.75) is 82.1 Å². The quantitative estimate of drug-likeness (QED) is 0.839. The highest BCUT2D eigenvalue weighted by atomic mass is 19.4. The number of fused-ring (bicyclic) bond motifs is 2. The normalized spacial score (nSPS) is 38.8. The van der Waals surface area contributed by atoms with Gasteiger partial charge >= 0.3 is 6.18 Å². The van der Waals surface area contributed by atoms with E-state index in [9.17, 15) is 18.0 Å². The molecule has 1 aliphatic carbocycles. The Hall–Kier alpha value is -0.780. The van der Waals surface area contributed by atoms with Gasteiger partial charge < -0.3 is 10.6 Å². The molecule has 2 aliphatic heterocycles. The van der Waals surface area contributed by atoms with E-state index >= 15 is 0 Å². The minimum absolute atomic E-state index is 0.0294. The molecule has 2 bridgehead atoms. The van der Waals surface area contributed by atoms with Crippen LogP contribution < -0.4 is 10.6 Å². The van der Waals surface area contributed by atoms with Crippen LogP contribution in [0.3, 0.4) is 0 Å². The Morgan fingerprint density at radius 1 is 1.00 bits per heavy atom. The summed E-state index contributed by atoms with van der Waals surface area (Å²) in [5.41, 5.74) is 0. The zero-order valence-corrected chi connectivity index (χ0v) is 12.8. The predicted molar refractivity (Wildman–Crippen MR) is 77.2 cm³/mol. The molecule has 1 saturated carbocycles. The summed E-state index contributed by atoms with van der Waals surface area (Å²) in [7, 11) is 0. The summed E-state index contributed by atoms with van der Waals surface area (Å²) in [6.07, 6.45) is 2.19. The third kappa shape index (κ3) is 3.94. The molecule has 0 spiro atoms. The first-order valence-corrected chi connectivity index (χ1v) is 8.52. The Bertz CT molecular complexity index is 393. The summed E-state index contributed by atoms with van der Waals surface area (Å²) >= 11 is 0. The number of hydrogen-bond acceptors (Lipinski definition) is 2. The molecular formula is C16H25F3N2O. The Labute approximate surface area is 129 Å². The van der Waals surface area contributed by atoms with Gasteiger partial charge in [-0.2, -0.15) is 13.2 Å². The fourth-order valence-electron chi connectivity index (χ4n) is 4.46. The van der Waals surface area contributed by atoms with Gasteiger partial charge in [-0.25, -0.2) is 0 Å². The lowest BCUT2D eigenvalue weighted by molar-refractivity contribution is -0.182. The van der Waals surface area contributed by atoms with Crippen molar-refractivity contribution in [1.82, 2.24) is 10.6 Å². The van der Waals surface area contributed by atoms with Crippen molar-refractivity contribution in [3.63, 3.8) is 0 Å². The summed E-state index contributed by atoms with van der Waals surface area (Å²) < 4.78 is 37.9. The number of halogens is 3. The Morgan fingerprint density at radius 3 is 2.14 bits per heavy atom. The maximum absolute atomic E-state index is 12.6. The molecule has 3 fully saturated rings. The predicted octanol–water partition coefficient (Wildman–Crippen LogP) is 3.14. The minimum Gasteiger partial charge on any atom is -0.353 e. The number of rotatable bonds is 3. The lowest BCUT2D eigenvalue weighted by Gasteiger charge is -2.32. The molecule has 2 heterocycles. The van der Waals surface area contributed by atoms with Gasteiger partial charge in [-0.1, -0.05) is 0 Å². The summed E-state index contributed by atoms with van der Waals surface area (Å²) in [5.74, 6) is -0.715. The average molecular weight is 318 g/mol. The number of nitrogens with one attached hydrogen (secondary N) is 2. The molecule has 0 aromatic rings. The maximum atomic E-state index is 12.6. The van der Waals surface area contributed by atoms with Gasteiger partial charge in [0.25, 0.3) is 0 Å². The van der Waals surface area contributed by atoms with Gasteiger partial charge in [0.1, 0.15) is 0 Å². The minimum atomic E-state index is -4.08. The molecule has 6 heteroatoms. The van der Waals surface area contributed by atoms with E-state index in [0.29, 0.717) is 37.3 Å². The molecule has 0 aromatic heterocycles. The van der Waals surface area contributed by atoms with Crippen molar-refractivity contribution in [2.75, 3.05) is 0 Å². The van der Waals surface area contributed by atoms with Crippen LogP contribution in [-0.4, -0.2) is 30.2 Å². The summed E-state index contributed by atoms with van der Waals surface area (Å²) in [6, 6.07) is 1.07. The first-order valence-electron chi connectivity index (χ1n) is 8.52. The summed E-state index contributed by atoms with van der Waals surface area (Å²) in [4.78, 5) is 12.1. The van der Waals surface area contributed by atoms with Gasteiger partial charge in [-0.3, -0.25) is 4.79 Å². The molecule has 3 aliphatic rings. The van der Waals surface area contributed by atoms with E-state index < -0.39 is 12.1 Å². The second-order valence-corrected chi connectivity index (χ2v) is 7.34. The highest BCUT2D eigenvalue weighted by molar-refractivity contribution is 5.76. The molecule has 2 N–H and O–H groups in total. The van der Waals surface area contributed by atoms with E-state index in [4.69, 9.17) is 0 Å². The van der Waals surface area contributed by atoms with Crippen molar-refractivity contribution in [3.8, 4) is 0 Å². The summed E-state index contributed by atoms with van der Waals surface area (Å²) in [6.45, 7) is 0. The zero-order chi connectivity index (χ0) is 15.7. The zero-order valence-electron chi connectivity index (χ0n) is 12.8. The van der Waals surface area contributed by atoms with Crippen LogP contribution in [0.15, 0.2) is 0 Å². The molecule has 0 aromatic carbocycles. The van der Waals surface area contributed by atoms with Gasteiger partial charge in [-0.15, -0.1) is 0 Å². The van der Waals surface area contributed by atoms with E-state index in [2.05, 4.69) is 10.6 Å². The van der Waals surface area contributed by atoms with Gasteiger partial charge in [-0.05, 0) is 57.3 Å². The Kier molecular flexibility index (Phi) is 4.67. The highest BCUT2D eigenvalue weighted by Crippen LogP contribution is 2.37. The molecule has 0 radical (unpaired) electrons. The maximum Gasteiger partial charge on any atom is 0.391 e. The molecule has 22 heavy (non-hydrogen) atoms. The van der Waals surface area contributed by atoms with Crippen molar-refractivity contribution >= 4 is 5.91 Å². The van der Waals surface area contributed by atoms with Gasteiger partial charge in [0.15, 0.2) is 0 Å². The Balaban J connectivity index is 1.39. The topological polar surface area (TPSA) is 41.1 Å². The van der Waals surface area contributed by atoms with Gasteiger partial charge in [0.05, 0.1) is 5.92 Å². The number of carbonyl (C=O) groups excluding carboxylic acids is 1. The third-order valence-corrected chi connectivity index (χ3v) is 5.60. The fraction of sp³-hybridized carbons (Fsp3) is 0.938. The Morgan fingerprint density at radius 2 is 1.59 bits per heavy atom. The van der Waals surface area contributed by atoms with E-state index in [1.54, 1.807) is 0 Å². The average Bonchev–Trinajstić information content (AvgIpc) is 2.77. The first-order chi connectivity index (χ1) is 10.4. The standard InChI is InChI=1S/C16H25F3N2O/c17-16(18,19)11-1-3-12(4-2-11)21-15(22)9-10-7-13-5-6-14(8-10)20-13/h10-14,20H,1-9H2,(H,21,22). The summed E-state index contributed by atoms with van der Waals surface area (Å²) in [5, 5.41) is 6.52. The van der Waals surface area contributed by atoms with E-state index in [1.807, 2.05) is 0 Å². The number of alkyl halides is 3.